The largest absolute Gasteiger partial charge is 0.285 e. The molecule has 8 fully saturated rings. The van der Waals surface area contributed by atoms with Crippen LogP contribution >= 0.6 is 0 Å². The molecule has 10 unspecified atom stereocenters. The molecular weight excluding hydrogens is 212 g/mol. The normalized spacial score (nSPS) is 77.1. The Bertz CT molecular complexity index is 426. The van der Waals surface area contributed by atoms with Gasteiger partial charge in [-0.3, -0.25) is 10.2 Å². The van der Waals surface area contributed by atoms with Crippen LogP contribution in [0.2, 0.25) is 0 Å². The molecule has 6 heterocycles. The molecule has 4 nitrogen and oxygen atoms in total. The second kappa shape index (κ2) is 2.31. The van der Waals surface area contributed by atoms with Crippen molar-refractivity contribution in [3.63, 3.8) is 0 Å². The smallest absolute Gasteiger partial charge is 0.131 e. The van der Waals surface area contributed by atoms with Crippen LogP contribution in [0.1, 0.15) is 32.6 Å². The van der Waals surface area contributed by atoms with Gasteiger partial charge in [-0.15, -0.1) is 0 Å². The lowest BCUT2D eigenvalue weighted by atomic mass is 9.51. The monoisotopic (exact) mass is 232 g/mol. The number of nitrogens with zero attached hydrogens (tertiary/aromatic N) is 3. The van der Waals surface area contributed by atoms with Gasteiger partial charge in [0.05, 0.1) is 6.67 Å². The van der Waals surface area contributed by atoms with Crippen LogP contribution in [-0.4, -0.2) is 52.0 Å². The fraction of sp³-hybridized carbons (Fsp3) is 1.00. The molecule has 0 radical (unpaired) electrons. The molecule has 4 heteroatoms. The second-order valence-electron chi connectivity index (χ2n) is 7.27. The van der Waals surface area contributed by atoms with E-state index < -0.39 is 0 Å². The minimum atomic E-state index is 0.556. The maximum absolute atomic E-state index is 3.97. The number of hydrogen-bond acceptors (Lipinski definition) is 4. The number of nitrogens with one attached hydrogen (secondary N) is 1. The van der Waals surface area contributed by atoms with E-state index in [0.29, 0.717) is 11.7 Å². The Labute approximate surface area is 102 Å². The van der Waals surface area contributed by atoms with Gasteiger partial charge < -0.3 is 0 Å². The Morgan fingerprint density at radius 1 is 1.12 bits per heavy atom. The average molecular weight is 232 g/mol. The number of fused-ring (bicyclic) bond motifs is 1. The van der Waals surface area contributed by atoms with Crippen molar-refractivity contribution in [1.29, 1.82) is 0 Å². The zero-order valence-corrected chi connectivity index (χ0v) is 10.3. The molecule has 17 heavy (non-hydrogen) atoms. The van der Waals surface area contributed by atoms with Gasteiger partial charge in [0.1, 0.15) is 6.29 Å². The standard InChI is InChI=1S/C13H20N4/c1-13-9-4-2-7-11(13)8-3-5-10(13)17-12(14-9)15(7)6-16(8)17/h7-12,14H,2-6H2,1H3. The summed E-state index contributed by atoms with van der Waals surface area (Å²) in [4.78, 5) is 2.78. The van der Waals surface area contributed by atoms with Gasteiger partial charge in [0.2, 0.25) is 0 Å². The molecule has 6 saturated heterocycles. The third-order valence-corrected chi connectivity index (χ3v) is 7.15. The number of rotatable bonds is 0. The summed E-state index contributed by atoms with van der Waals surface area (Å²) in [7, 11) is 0. The molecule has 2 aliphatic carbocycles. The Morgan fingerprint density at radius 3 is 2.94 bits per heavy atom. The molecule has 92 valence electrons. The molecule has 10 atom stereocenters. The first-order valence-corrected chi connectivity index (χ1v) is 7.37. The van der Waals surface area contributed by atoms with E-state index in [-0.39, 0.29) is 0 Å². The van der Waals surface area contributed by atoms with E-state index >= 15 is 0 Å². The molecule has 0 amide bonds. The average Bonchev–Trinajstić information content (AvgIpc) is 2.54. The van der Waals surface area contributed by atoms with Crippen LogP contribution in [0.5, 0.6) is 0 Å². The lowest BCUT2D eigenvalue weighted by Gasteiger charge is -2.70. The molecule has 6 aliphatic heterocycles. The Balaban J connectivity index is 1.70. The molecule has 0 aromatic rings. The van der Waals surface area contributed by atoms with Crippen molar-refractivity contribution in [2.45, 2.75) is 63.1 Å². The highest BCUT2D eigenvalue weighted by Crippen LogP contribution is 2.65. The first-order chi connectivity index (χ1) is 8.30. The number of hydrazine groups is 1. The molecule has 0 spiro atoms. The van der Waals surface area contributed by atoms with Crippen molar-refractivity contribution < 1.29 is 0 Å². The van der Waals surface area contributed by atoms with Crippen LogP contribution in [-0.2, 0) is 0 Å². The fourth-order valence-electron chi connectivity index (χ4n) is 6.68. The SMILES string of the molecule is CC12C3CCC4C1C1CCC2N2C(N3)N4CN12. The van der Waals surface area contributed by atoms with Crippen LogP contribution in [0.15, 0.2) is 0 Å². The topological polar surface area (TPSA) is 21.8 Å². The zero-order chi connectivity index (χ0) is 10.9. The lowest BCUT2D eigenvalue weighted by Crippen LogP contribution is -2.81. The van der Waals surface area contributed by atoms with Crippen LogP contribution < -0.4 is 5.32 Å². The van der Waals surface area contributed by atoms with Gasteiger partial charge >= 0.3 is 0 Å². The lowest BCUT2D eigenvalue weighted by molar-refractivity contribution is -0.269. The Morgan fingerprint density at radius 2 is 2.00 bits per heavy atom. The molecule has 0 aromatic carbocycles. The molecule has 8 rings (SSSR count). The summed E-state index contributed by atoms with van der Waals surface area (Å²) in [6, 6.07) is 3.39. The van der Waals surface area contributed by atoms with Crippen molar-refractivity contribution >= 4 is 0 Å². The first kappa shape index (κ1) is 8.86. The summed E-state index contributed by atoms with van der Waals surface area (Å²) < 4.78 is 0. The summed E-state index contributed by atoms with van der Waals surface area (Å²) in [5.41, 5.74) is 0.563. The predicted molar refractivity (Wildman–Crippen MR) is 62.5 cm³/mol. The van der Waals surface area contributed by atoms with E-state index in [1.54, 1.807) is 0 Å². The maximum atomic E-state index is 3.97. The van der Waals surface area contributed by atoms with Gasteiger partial charge in [0.15, 0.2) is 0 Å². The van der Waals surface area contributed by atoms with E-state index in [0.717, 1.165) is 30.1 Å². The third-order valence-electron chi connectivity index (χ3n) is 7.15. The quantitative estimate of drug-likeness (QED) is 0.651. The molecular formula is C13H20N4. The van der Waals surface area contributed by atoms with Gasteiger partial charge in [0.25, 0.3) is 0 Å². The maximum Gasteiger partial charge on any atom is 0.131 e. The van der Waals surface area contributed by atoms with Crippen molar-refractivity contribution in [3.8, 4) is 0 Å². The van der Waals surface area contributed by atoms with Crippen molar-refractivity contribution in [2.24, 2.45) is 11.3 Å². The van der Waals surface area contributed by atoms with Crippen molar-refractivity contribution in [2.75, 3.05) is 6.67 Å². The fourth-order valence-corrected chi connectivity index (χ4v) is 6.68. The van der Waals surface area contributed by atoms with E-state index in [2.05, 4.69) is 27.2 Å². The highest BCUT2D eigenvalue weighted by molar-refractivity contribution is 5.24. The summed E-state index contributed by atoms with van der Waals surface area (Å²) in [6.45, 7) is 3.82. The molecule has 8 aliphatic rings. The second-order valence-corrected chi connectivity index (χ2v) is 7.27. The van der Waals surface area contributed by atoms with E-state index in [9.17, 15) is 0 Å². The molecule has 2 saturated carbocycles. The van der Waals surface area contributed by atoms with Crippen LogP contribution in [0.3, 0.4) is 0 Å². The summed E-state index contributed by atoms with van der Waals surface area (Å²) in [6.07, 6.45) is 6.33. The van der Waals surface area contributed by atoms with Gasteiger partial charge in [-0.25, -0.2) is 10.0 Å². The van der Waals surface area contributed by atoms with E-state index in [1.165, 1.54) is 32.4 Å². The minimum Gasteiger partial charge on any atom is -0.285 e. The van der Waals surface area contributed by atoms with Gasteiger partial charge in [0, 0.05) is 29.6 Å². The molecule has 1 N–H and O–H groups in total. The van der Waals surface area contributed by atoms with Gasteiger partial charge in [-0.2, -0.15) is 0 Å². The van der Waals surface area contributed by atoms with Gasteiger partial charge in [-0.1, -0.05) is 6.92 Å². The Hall–Kier alpha value is -0.160. The zero-order valence-electron chi connectivity index (χ0n) is 10.3. The van der Waals surface area contributed by atoms with E-state index in [4.69, 9.17) is 0 Å². The summed E-state index contributed by atoms with van der Waals surface area (Å²) in [5, 5.41) is 9.43. The van der Waals surface area contributed by atoms with Gasteiger partial charge in [-0.05, 0) is 31.6 Å². The highest BCUT2D eigenvalue weighted by Gasteiger charge is 2.75. The van der Waals surface area contributed by atoms with Crippen LogP contribution in [0, 0.1) is 11.3 Å². The Kier molecular flexibility index (Phi) is 1.20. The van der Waals surface area contributed by atoms with E-state index in [1.807, 2.05) is 0 Å². The summed E-state index contributed by atoms with van der Waals surface area (Å²) in [5.74, 6) is 0.949. The molecule has 0 aromatic heterocycles. The summed E-state index contributed by atoms with van der Waals surface area (Å²) >= 11 is 0. The third kappa shape index (κ3) is 0.659. The minimum absolute atomic E-state index is 0.556. The number of hydrogen-bond donors (Lipinski definition) is 1. The highest BCUT2D eigenvalue weighted by atomic mass is 15.8. The van der Waals surface area contributed by atoms with Crippen LogP contribution in [0.25, 0.3) is 0 Å². The predicted octanol–water partition coefficient (Wildman–Crippen LogP) is 0.377. The molecule has 9 bridgehead atoms. The first-order valence-electron chi connectivity index (χ1n) is 7.37. The van der Waals surface area contributed by atoms with Crippen LogP contribution in [0.4, 0.5) is 0 Å². The van der Waals surface area contributed by atoms with Crippen molar-refractivity contribution in [1.82, 2.24) is 20.2 Å². The van der Waals surface area contributed by atoms with Crippen molar-refractivity contribution in [3.05, 3.63) is 0 Å².